The van der Waals surface area contributed by atoms with E-state index in [2.05, 4.69) is 15.0 Å². The molecule has 0 aliphatic rings. The number of carbonyl (C=O) groups excluding carboxylic acids is 2. The number of rotatable bonds is 11. The molecule has 2 aromatic heterocycles. The summed E-state index contributed by atoms with van der Waals surface area (Å²) in [5.74, 6) is -0.874. The van der Waals surface area contributed by atoms with Crippen molar-refractivity contribution in [3.8, 4) is 0 Å². The van der Waals surface area contributed by atoms with E-state index in [0.29, 0.717) is 11.2 Å². The maximum Gasteiger partial charge on any atom is 0.374 e. The Balaban J connectivity index is 2.07. The smallest absolute Gasteiger partial charge is 0.374 e. The Hall–Kier alpha value is -2.73. The highest BCUT2D eigenvalue weighted by molar-refractivity contribution is 7.25. The van der Waals surface area contributed by atoms with Gasteiger partial charge in [-0.1, -0.05) is 0 Å². The molecule has 0 atom stereocenters. The minimum atomic E-state index is -2.21. The summed E-state index contributed by atoms with van der Waals surface area (Å²) < 4.78 is 40.1. The molecule has 14 heteroatoms. The van der Waals surface area contributed by atoms with Gasteiger partial charge in [0, 0.05) is 6.54 Å². The van der Waals surface area contributed by atoms with Crippen LogP contribution in [0.5, 0.6) is 0 Å². The van der Waals surface area contributed by atoms with E-state index in [9.17, 15) is 14.2 Å². The van der Waals surface area contributed by atoms with Crippen molar-refractivity contribution in [1.29, 1.82) is 0 Å². The largest absolute Gasteiger partial charge is 0.438 e. The standard InChI is InChI=1S/C20H30N5O8P/c1-18(2,3)16(26)29-11-32-20(34-28,33-12-30-17(27)19(4,5)6)31-8-7-25-10-24-13-14(21)22-9-23-15(13)25/h9-10H,7-8,11-12H2,1-6H3,(H2,21,22,23). The van der Waals surface area contributed by atoms with Crippen molar-refractivity contribution in [2.45, 2.75) is 53.8 Å². The van der Waals surface area contributed by atoms with Crippen molar-refractivity contribution in [1.82, 2.24) is 19.5 Å². The molecular formula is C20H30N5O8P. The van der Waals surface area contributed by atoms with E-state index in [1.165, 1.54) is 12.7 Å². The van der Waals surface area contributed by atoms with Gasteiger partial charge in [-0.25, -0.2) is 15.0 Å². The second kappa shape index (κ2) is 11.1. The van der Waals surface area contributed by atoms with Crippen molar-refractivity contribution in [2.24, 2.45) is 10.8 Å². The monoisotopic (exact) mass is 499 g/mol. The number of imidazole rings is 1. The van der Waals surface area contributed by atoms with Crippen LogP contribution in [-0.2, 0) is 44.4 Å². The summed E-state index contributed by atoms with van der Waals surface area (Å²) in [7, 11) is -0.753. The van der Waals surface area contributed by atoms with Gasteiger partial charge in [0.25, 0.3) is 8.46 Å². The molecule has 0 saturated heterocycles. The van der Waals surface area contributed by atoms with E-state index in [4.69, 9.17) is 29.4 Å². The zero-order valence-corrected chi connectivity index (χ0v) is 21.0. The van der Waals surface area contributed by atoms with Crippen LogP contribution in [0.3, 0.4) is 0 Å². The summed E-state index contributed by atoms with van der Waals surface area (Å²) in [5.41, 5.74) is 2.91. The maximum absolute atomic E-state index is 12.0. The molecule has 0 amide bonds. The molecule has 0 saturated carbocycles. The number of nitrogens with zero attached hydrogens (tertiary/aromatic N) is 4. The van der Waals surface area contributed by atoms with Gasteiger partial charge >= 0.3 is 17.7 Å². The average Bonchev–Trinajstić information content (AvgIpc) is 3.16. The quantitative estimate of drug-likeness (QED) is 0.273. The van der Waals surface area contributed by atoms with E-state index in [1.807, 2.05) is 0 Å². The van der Waals surface area contributed by atoms with Crippen LogP contribution in [0.15, 0.2) is 12.7 Å². The number of aromatic nitrogens is 4. The van der Waals surface area contributed by atoms with Crippen LogP contribution in [0, 0.1) is 10.8 Å². The van der Waals surface area contributed by atoms with Crippen molar-refractivity contribution < 1.29 is 37.8 Å². The molecule has 0 spiro atoms. The first-order chi connectivity index (χ1) is 15.8. The Bertz CT molecular complexity index is 983. The predicted molar refractivity (Wildman–Crippen MR) is 119 cm³/mol. The van der Waals surface area contributed by atoms with Gasteiger partial charge in [0.15, 0.2) is 25.1 Å². The topological polar surface area (TPSA) is 167 Å². The molecule has 0 aromatic carbocycles. The van der Waals surface area contributed by atoms with Crippen LogP contribution in [-0.4, -0.2) is 57.4 Å². The molecule has 0 unspecified atom stereocenters. The first-order valence-corrected chi connectivity index (χ1v) is 11.1. The van der Waals surface area contributed by atoms with Crippen LogP contribution in [0.4, 0.5) is 5.82 Å². The van der Waals surface area contributed by atoms with Crippen LogP contribution >= 0.6 is 8.46 Å². The molecule has 2 rings (SSSR count). The first kappa shape index (κ1) is 27.5. The number of anilines is 1. The fourth-order valence-corrected chi connectivity index (χ4v) is 2.64. The van der Waals surface area contributed by atoms with Crippen molar-refractivity contribution in [2.75, 3.05) is 25.9 Å². The van der Waals surface area contributed by atoms with Crippen LogP contribution in [0.2, 0.25) is 0 Å². The number of fused-ring (bicyclic) bond motifs is 1. The average molecular weight is 499 g/mol. The third-order valence-corrected chi connectivity index (χ3v) is 4.86. The Kier molecular flexibility index (Phi) is 9.01. The van der Waals surface area contributed by atoms with Gasteiger partial charge in [-0.15, -0.1) is 0 Å². The van der Waals surface area contributed by atoms with E-state index in [1.54, 1.807) is 46.1 Å². The zero-order valence-electron chi connectivity index (χ0n) is 20.1. The lowest BCUT2D eigenvalue weighted by Crippen LogP contribution is -2.38. The number of ether oxygens (including phenoxy) is 5. The molecule has 188 valence electrons. The van der Waals surface area contributed by atoms with Gasteiger partial charge in [-0.3, -0.25) is 23.6 Å². The lowest BCUT2D eigenvalue weighted by Gasteiger charge is -2.27. The van der Waals surface area contributed by atoms with Crippen LogP contribution in [0.1, 0.15) is 41.5 Å². The lowest BCUT2D eigenvalue weighted by molar-refractivity contribution is -0.356. The van der Waals surface area contributed by atoms with E-state index >= 15 is 0 Å². The number of esters is 2. The van der Waals surface area contributed by atoms with E-state index < -0.39 is 50.5 Å². The Morgan fingerprint density at radius 2 is 1.50 bits per heavy atom. The first-order valence-electron chi connectivity index (χ1n) is 10.3. The molecule has 0 aliphatic carbocycles. The molecule has 13 nitrogen and oxygen atoms in total. The minimum Gasteiger partial charge on any atom is -0.438 e. The second-order valence-corrected chi connectivity index (χ2v) is 9.95. The maximum atomic E-state index is 12.0. The van der Waals surface area contributed by atoms with Crippen LogP contribution < -0.4 is 5.73 Å². The lowest BCUT2D eigenvalue weighted by atomic mass is 9.98. The molecule has 0 fully saturated rings. The molecule has 0 bridgehead atoms. The summed E-state index contributed by atoms with van der Waals surface area (Å²) >= 11 is 0. The fourth-order valence-electron chi connectivity index (χ4n) is 2.29. The summed E-state index contributed by atoms with van der Waals surface area (Å²) in [6.07, 6.45) is 2.80. The number of nitrogens with two attached hydrogens (primary N) is 1. The van der Waals surface area contributed by atoms with Crippen molar-refractivity contribution in [3.63, 3.8) is 0 Å². The van der Waals surface area contributed by atoms with E-state index in [-0.39, 0.29) is 19.0 Å². The van der Waals surface area contributed by atoms with Crippen molar-refractivity contribution >= 4 is 37.4 Å². The predicted octanol–water partition coefficient (Wildman–Crippen LogP) is 2.45. The number of carbonyl (C=O) groups is 2. The minimum absolute atomic E-state index is 0.0922. The highest BCUT2D eigenvalue weighted by atomic mass is 31.1. The highest BCUT2D eigenvalue weighted by Gasteiger charge is 2.38. The van der Waals surface area contributed by atoms with Gasteiger partial charge < -0.3 is 24.5 Å². The van der Waals surface area contributed by atoms with E-state index in [0.717, 1.165) is 0 Å². The van der Waals surface area contributed by atoms with Gasteiger partial charge in [-0.05, 0) is 41.5 Å². The second-order valence-electron chi connectivity index (χ2n) is 9.22. The molecule has 2 heterocycles. The summed E-state index contributed by atoms with van der Waals surface area (Å²) in [5, 5.41) is 0. The third-order valence-electron chi connectivity index (χ3n) is 4.25. The van der Waals surface area contributed by atoms with Crippen molar-refractivity contribution in [3.05, 3.63) is 12.7 Å². The van der Waals surface area contributed by atoms with Gasteiger partial charge in [0.05, 0.1) is 23.8 Å². The molecule has 0 radical (unpaired) electrons. The van der Waals surface area contributed by atoms with Gasteiger partial charge in [0.2, 0.25) is 0 Å². The zero-order chi connectivity index (χ0) is 25.6. The molecule has 2 aromatic rings. The highest BCUT2D eigenvalue weighted by Crippen LogP contribution is 2.29. The molecule has 0 aliphatic heterocycles. The molecule has 2 N–H and O–H groups in total. The normalized spacial score (nSPS) is 12.8. The fraction of sp³-hybridized carbons (Fsp3) is 0.650. The number of hydrogen-bond donors (Lipinski definition) is 1. The molecular weight excluding hydrogens is 469 g/mol. The molecule has 34 heavy (non-hydrogen) atoms. The third kappa shape index (κ3) is 7.39. The van der Waals surface area contributed by atoms with Gasteiger partial charge in [0.1, 0.15) is 11.8 Å². The Morgan fingerprint density at radius 1 is 0.941 bits per heavy atom. The summed E-state index contributed by atoms with van der Waals surface area (Å²) in [4.78, 5) is 36.2. The number of hydrogen-bond acceptors (Lipinski definition) is 12. The SMILES string of the molecule is CC(C)(C)C(=O)OCOC(OCCn1cnc2c(N)ncnc21)(OCOC(=O)C(C)(C)C)P=O. The summed E-state index contributed by atoms with van der Waals surface area (Å²) in [6.45, 7) is 8.87. The Labute approximate surface area is 198 Å². The van der Waals surface area contributed by atoms with Gasteiger partial charge in [-0.2, -0.15) is 0 Å². The number of nitrogen functional groups attached to an aromatic ring is 1. The Morgan fingerprint density at radius 3 is 2.00 bits per heavy atom. The van der Waals surface area contributed by atoms with Crippen LogP contribution in [0.25, 0.3) is 11.2 Å². The summed E-state index contributed by atoms with van der Waals surface area (Å²) in [6, 6.07) is 0.